The van der Waals surface area contributed by atoms with Gasteiger partial charge < -0.3 is 14.6 Å². The molecule has 1 N–H and O–H groups in total. The van der Waals surface area contributed by atoms with Crippen molar-refractivity contribution in [1.29, 1.82) is 0 Å². The molecule has 0 saturated carbocycles. The lowest BCUT2D eigenvalue weighted by atomic mass is 10.2. The van der Waals surface area contributed by atoms with Gasteiger partial charge >= 0.3 is 0 Å². The number of benzene rings is 1. The van der Waals surface area contributed by atoms with Crippen molar-refractivity contribution in [3.8, 4) is 5.75 Å². The molecule has 3 aromatic heterocycles. The summed E-state index contributed by atoms with van der Waals surface area (Å²) in [6, 6.07) is 10.2. The van der Waals surface area contributed by atoms with Gasteiger partial charge in [0.15, 0.2) is 0 Å². The van der Waals surface area contributed by atoms with Crippen molar-refractivity contribution in [2.45, 2.75) is 6.92 Å². The Balaban J connectivity index is 1.83. The number of carbonyl (C=O) groups excluding carboxylic acids is 1. The van der Waals surface area contributed by atoms with Crippen molar-refractivity contribution in [1.82, 2.24) is 14.0 Å². The number of carbonyl (C=O) groups is 1. The molecule has 28 heavy (non-hydrogen) atoms. The molecule has 0 fully saturated rings. The number of aryl methyl sites for hydroxylation is 2. The van der Waals surface area contributed by atoms with Crippen LogP contribution in [0.25, 0.3) is 16.7 Å². The molecular formula is C20H17ClN4O3. The van der Waals surface area contributed by atoms with Gasteiger partial charge in [-0.25, -0.2) is 4.98 Å². The van der Waals surface area contributed by atoms with Crippen molar-refractivity contribution < 1.29 is 9.53 Å². The van der Waals surface area contributed by atoms with E-state index in [-0.39, 0.29) is 5.56 Å². The minimum atomic E-state index is -0.397. The third-order valence-electron chi connectivity index (χ3n) is 4.59. The first-order chi connectivity index (χ1) is 13.4. The van der Waals surface area contributed by atoms with Crippen LogP contribution in [0.5, 0.6) is 5.75 Å². The number of anilines is 1. The third-order valence-corrected chi connectivity index (χ3v) is 4.82. The van der Waals surface area contributed by atoms with Gasteiger partial charge in [-0.05, 0) is 42.8 Å². The molecule has 4 aromatic rings. The summed E-state index contributed by atoms with van der Waals surface area (Å²) in [4.78, 5) is 30.3. The van der Waals surface area contributed by atoms with Crippen LogP contribution in [-0.2, 0) is 7.05 Å². The second-order valence-electron chi connectivity index (χ2n) is 6.48. The zero-order valence-corrected chi connectivity index (χ0v) is 16.2. The van der Waals surface area contributed by atoms with Crippen molar-refractivity contribution in [2.24, 2.45) is 7.05 Å². The van der Waals surface area contributed by atoms with Crippen LogP contribution in [0.4, 0.5) is 5.69 Å². The number of nitrogens with one attached hydrogen (secondary N) is 1. The number of pyridine rings is 1. The largest absolute Gasteiger partial charge is 0.495 e. The van der Waals surface area contributed by atoms with E-state index < -0.39 is 5.91 Å². The molecule has 0 unspecified atom stereocenters. The molecule has 7 nitrogen and oxygen atoms in total. The number of amides is 1. The number of rotatable bonds is 3. The molecule has 0 bridgehead atoms. The monoisotopic (exact) mass is 396 g/mol. The Morgan fingerprint density at radius 3 is 2.75 bits per heavy atom. The number of methoxy groups -OCH3 is 1. The Morgan fingerprint density at radius 2 is 2.00 bits per heavy atom. The van der Waals surface area contributed by atoms with E-state index in [0.29, 0.717) is 38.8 Å². The normalized spacial score (nSPS) is 11.1. The van der Waals surface area contributed by atoms with E-state index in [9.17, 15) is 9.59 Å². The average molecular weight is 397 g/mol. The molecule has 0 spiro atoms. The highest BCUT2D eigenvalue weighted by Gasteiger charge is 2.19. The van der Waals surface area contributed by atoms with Crippen molar-refractivity contribution in [3.05, 3.63) is 69.2 Å². The van der Waals surface area contributed by atoms with E-state index in [0.717, 1.165) is 5.56 Å². The molecule has 0 saturated heterocycles. The molecule has 0 aliphatic heterocycles. The van der Waals surface area contributed by atoms with E-state index >= 15 is 0 Å². The summed E-state index contributed by atoms with van der Waals surface area (Å²) >= 11 is 6.03. The predicted molar refractivity (Wildman–Crippen MR) is 109 cm³/mol. The molecule has 1 amide bonds. The van der Waals surface area contributed by atoms with Gasteiger partial charge in [0, 0.05) is 18.3 Å². The maximum absolute atomic E-state index is 12.9. The standard InChI is InChI=1S/C20H17ClN4O3/c1-11-4-7-17-23-18-13(20(27)25(17)10-11)9-15(24(18)2)19(26)22-14-8-12(21)5-6-16(14)28-3/h4-10H,1-3H3,(H,22,26). The number of fused-ring (bicyclic) bond motifs is 2. The molecule has 0 radical (unpaired) electrons. The number of ether oxygens (including phenoxy) is 1. The average Bonchev–Trinajstić information content (AvgIpc) is 3.00. The molecule has 0 aliphatic carbocycles. The highest BCUT2D eigenvalue weighted by atomic mass is 35.5. The van der Waals surface area contributed by atoms with Gasteiger partial charge in [0.2, 0.25) is 0 Å². The van der Waals surface area contributed by atoms with E-state index in [1.165, 1.54) is 11.5 Å². The highest BCUT2D eigenvalue weighted by Crippen LogP contribution is 2.28. The van der Waals surface area contributed by atoms with Gasteiger partial charge in [-0.15, -0.1) is 0 Å². The van der Waals surface area contributed by atoms with Gasteiger partial charge in [0.25, 0.3) is 11.5 Å². The number of hydrogen-bond acceptors (Lipinski definition) is 4. The second-order valence-corrected chi connectivity index (χ2v) is 6.91. The highest BCUT2D eigenvalue weighted by molar-refractivity contribution is 6.31. The minimum Gasteiger partial charge on any atom is -0.495 e. The maximum atomic E-state index is 12.9. The summed E-state index contributed by atoms with van der Waals surface area (Å²) in [7, 11) is 3.21. The Kier molecular flexibility index (Phi) is 4.31. The van der Waals surface area contributed by atoms with Gasteiger partial charge in [-0.2, -0.15) is 0 Å². The summed E-state index contributed by atoms with van der Waals surface area (Å²) in [5, 5.41) is 3.62. The third kappa shape index (κ3) is 2.90. The molecule has 0 atom stereocenters. The van der Waals surface area contributed by atoms with Crippen molar-refractivity contribution in [2.75, 3.05) is 12.4 Å². The van der Waals surface area contributed by atoms with Crippen LogP contribution >= 0.6 is 11.6 Å². The summed E-state index contributed by atoms with van der Waals surface area (Å²) in [5.74, 6) is 0.0848. The Labute approximate surface area is 165 Å². The molecule has 4 rings (SSSR count). The van der Waals surface area contributed by atoms with Crippen LogP contribution < -0.4 is 15.6 Å². The molecule has 1 aromatic carbocycles. The zero-order chi connectivity index (χ0) is 20.0. The number of nitrogens with zero attached hydrogens (tertiary/aromatic N) is 3. The van der Waals surface area contributed by atoms with Gasteiger partial charge in [-0.3, -0.25) is 14.0 Å². The first kappa shape index (κ1) is 18.1. The smallest absolute Gasteiger partial charge is 0.272 e. The van der Waals surface area contributed by atoms with Crippen LogP contribution in [0.1, 0.15) is 16.1 Å². The molecule has 142 valence electrons. The fraction of sp³-hybridized carbons (Fsp3) is 0.150. The molecule has 3 heterocycles. The summed E-state index contributed by atoms with van der Waals surface area (Å²) < 4.78 is 8.35. The summed E-state index contributed by atoms with van der Waals surface area (Å²) in [6.07, 6.45) is 1.73. The summed E-state index contributed by atoms with van der Waals surface area (Å²) in [6.45, 7) is 1.90. The minimum absolute atomic E-state index is 0.223. The maximum Gasteiger partial charge on any atom is 0.272 e. The van der Waals surface area contributed by atoms with E-state index in [4.69, 9.17) is 16.3 Å². The first-order valence-electron chi connectivity index (χ1n) is 8.52. The van der Waals surface area contributed by atoms with Crippen LogP contribution in [-0.4, -0.2) is 27.0 Å². The lowest BCUT2D eigenvalue weighted by Crippen LogP contribution is -2.16. The predicted octanol–water partition coefficient (Wildman–Crippen LogP) is 3.41. The van der Waals surface area contributed by atoms with Crippen LogP contribution in [0.2, 0.25) is 5.02 Å². The molecule has 8 heteroatoms. The lowest BCUT2D eigenvalue weighted by molar-refractivity contribution is 0.101. The number of hydrogen-bond donors (Lipinski definition) is 1. The first-order valence-corrected chi connectivity index (χ1v) is 8.90. The second kappa shape index (κ2) is 6.69. The Hall–Kier alpha value is -3.32. The van der Waals surface area contributed by atoms with Gasteiger partial charge in [-0.1, -0.05) is 17.7 Å². The topological polar surface area (TPSA) is 77.6 Å². The Morgan fingerprint density at radius 1 is 1.21 bits per heavy atom. The van der Waals surface area contributed by atoms with Crippen LogP contribution in [0.15, 0.2) is 47.4 Å². The van der Waals surface area contributed by atoms with Crippen LogP contribution in [0.3, 0.4) is 0 Å². The Bertz CT molecular complexity index is 1310. The van der Waals surface area contributed by atoms with Crippen molar-refractivity contribution in [3.63, 3.8) is 0 Å². The fourth-order valence-corrected chi connectivity index (χ4v) is 3.33. The summed E-state index contributed by atoms with van der Waals surface area (Å²) in [5.41, 5.74) is 2.42. The van der Waals surface area contributed by atoms with E-state index in [1.54, 1.807) is 48.1 Å². The number of halogens is 1. The quantitative estimate of drug-likeness (QED) is 0.575. The van der Waals surface area contributed by atoms with E-state index in [1.807, 2.05) is 13.0 Å². The molecular weight excluding hydrogens is 380 g/mol. The zero-order valence-electron chi connectivity index (χ0n) is 15.5. The lowest BCUT2D eigenvalue weighted by Gasteiger charge is -2.11. The van der Waals surface area contributed by atoms with Crippen LogP contribution in [0, 0.1) is 6.92 Å². The van der Waals surface area contributed by atoms with Gasteiger partial charge in [0.05, 0.1) is 18.2 Å². The van der Waals surface area contributed by atoms with E-state index in [2.05, 4.69) is 10.3 Å². The SMILES string of the molecule is COc1ccc(Cl)cc1NC(=O)c1cc2c(=O)n3cc(C)ccc3nc2n1C. The molecule has 0 aliphatic rings. The van der Waals surface area contributed by atoms with Crippen molar-refractivity contribution >= 4 is 39.9 Å². The van der Waals surface area contributed by atoms with Gasteiger partial charge in [0.1, 0.15) is 22.7 Å². The fourth-order valence-electron chi connectivity index (χ4n) is 3.16. The number of aromatic nitrogens is 3.